The van der Waals surface area contributed by atoms with Crippen LogP contribution in [0, 0.1) is 17.7 Å². The summed E-state index contributed by atoms with van der Waals surface area (Å²) >= 11 is 0. The van der Waals surface area contributed by atoms with Crippen LogP contribution in [0.2, 0.25) is 0 Å². The summed E-state index contributed by atoms with van der Waals surface area (Å²) in [5.74, 6) is 1.26. The van der Waals surface area contributed by atoms with Gasteiger partial charge in [-0.3, -0.25) is 0 Å². The molecule has 0 amide bonds. The Labute approximate surface area is 143 Å². The minimum Gasteiger partial charge on any atom is -0.371 e. The summed E-state index contributed by atoms with van der Waals surface area (Å²) in [6.45, 7) is 3.31. The molecule has 2 fully saturated rings. The molecule has 2 aliphatic rings. The maximum Gasteiger partial charge on any atom is 0.123 e. The van der Waals surface area contributed by atoms with Gasteiger partial charge in [-0.1, -0.05) is 30.3 Å². The van der Waals surface area contributed by atoms with Gasteiger partial charge >= 0.3 is 0 Å². The van der Waals surface area contributed by atoms with Crippen LogP contribution in [-0.4, -0.2) is 19.6 Å². The van der Waals surface area contributed by atoms with E-state index in [1.807, 2.05) is 12.1 Å². The number of nitrogens with one attached hydrogen (secondary N) is 1. The van der Waals surface area contributed by atoms with Crippen LogP contribution in [0.4, 0.5) is 10.1 Å². The number of halogens is 1. The molecular weight excluding hydrogens is 299 g/mol. The molecule has 1 saturated heterocycles. The van der Waals surface area contributed by atoms with Gasteiger partial charge in [0.25, 0.3) is 0 Å². The van der Waals surface area contributed by atoms with Gasteiger partial charge in [0.1, 0.15) is 5.82 Å². The fourth-order valence-electron chi connectivity index (χ4n) is 3.82. The number of hydrogen-bond donors (Lipinski definition) is 1. The molecule has 1 aliphatic carbocycles. The first-order valence-corrected chi connectivity index (χ1v) is 9.08. The third kappa shape index (κ3) is 3.62. The van der Waals surface area contributed by atoms with Gasteiger partial charge in [-0.25, -0.2) is 4.39 Å². The minimum atomic E-state index is -0.150. The van der Waals surface area contributed by atoms with Crippen LogP contribution in [0.15, 0.2) is 54.6 Å². The molecule has 1 N–H and O–H groups in total. The Morgan fingerprint density at radius 2 is 1.75 bits per heavy atom. The first-order valence-electron chi connectivity index (χ1n) is 9.08. The summed E-state index contributed by atoms with van der Waals surface area (Å²) in [5, 5.41) is 3.78. The van der Waals surface area contributed by atoms with Gasteiger partial charge in [0.05, 0.1) is 0 Å². The van der Waals surface area contributed by atoms with Gasteiger partial charge in [-0.05, 0) is 60.9 Å². The van der Waals surface area contributed by atoms with Crippen molar-refractivity contribution in [1.82, 2.24) is 5.32 Å². The van der Waals surface area contributed by atoms with Crippen molar-refractivity contribution < 1.29 is 4.39 Å². The highest BCUT2D eigenvalue weighted by Crippen LogP contribution is 2.41. The first kappa shape index (κ1) is 15.6. The molecule has 2 atom stereocenters. The zero-order chi connectivity index (χ0) is 16.4. The third-order valence-corrected chi connectivity index (χ3v) is 5.36. The number of hydrogen-bond acceptors (Lipinski definition) is 2. The second kappa shape index (κ2) is 6.94. The van der Waals surface area contributed by atoms with Crippen molar-refractivity contribution in [2.75, 3.05) is 24.5 Å². The zero-order valence-electron chi connectivity index (χ0n) is 14.0. The van der Waals surface area contributed by atoms with E-state index in [-0.39, 0.29) is 5.82 Å². The molecule has 2 nitrogen and oxygen atoms in total. The van der Waals surface area contributed by atoms with E-state index >= 15 is 0 Å². The molecule has 0 aromatic heterocycles. The molecule has 0 radical (unpaired) electrons. The number of anilines is 1. The van der Waals surface area contributed by atoms with Crippen molar-refractivity contribution in [3.63, 3.8) is 0 Å². The van der Waals surface area contributed by atoms with E-state index in [2.05, 4.69) is 40.5 Å². The van der Waals surface area contributed by atoms with Gasteiger partial charge in [0, 0.05) is 31.4 Å². The smallest absolute Gasteiger partial charge is 0.123 e. The molecule has 2 unspecified atom stereocenters. The fourth-order valence-corrected chi connectivity index (χ4v) is 3.82. The Morgan fingerprint density at radius 3 is 2.46 bits per heavy atom. The van der Waals surface area contributed by atoms with Crippen molar-refractivity contribution in [3.05, 3.63) is 66.0 Å². The second-order valence-corrected chi connectivity index (χ2v) is 7.21. The van der Waals surface area contributed by atoms with Crippen LogP contribution in [-0.2, 0) is 0 Å². The number of nitrogens with zero attached hydrogens (tertiary/aromatic N) is 1. The van der Waals surface area contributed by atoms with Crippen LogP contribution in [0.25, 0.3) is 0 Å². The first-order chi connectivity index (χ1) is 11.8. The van der Waals surface area contributed by atoms with Gasteiger partial charge in [-0.2, -0.15) is 0 Å². The summed E-state index contributed by atoms with van der Waals surface area (Å²) in [4.78, 5) is 2.48. The lowest BCUT2D eigenvalue weighted by Gasteiger charge is -2.22. The molecule has 3 heteroatoms. The van der Waals surface area contributed by atoms with E-state index in [0.29, 0.717) is 12.0 Å². The Balaban J connectivity index is 1.35. The van der Waals surface area contributed by atoms with Crippen LogP contribution >= 0.6 is 0 Å². The van der Waals surface area contributed by atoms with Gasteiger partial charge in [0.2, 0.25) is 0 Å². The summed E-state index contributed by atoms with van der Waals surface area (Å²) in [6, 6.07) is 18.1. The van der Waals surface area contributed by atoms with Crippen LogP contribution in [0.5, 0.6) is 0 Å². The summed E-state index contributed by atoms with van der Waals surface area (Å²) in [7, 11) is 0. The molecule has 2 aromatic rings. The van der Waals surface area contributed by atoms with Crippen molar-refractivity contribution in [2.45, 2.75) is 25.3 Å². The standard InChI is InChI=1S/C21H25FN2/c22-19-10-8-18(9-11-19)21(17-6-7-17)23-14-16-12-13-24(15-16)20-4-2-1-3-5-20/h1-5,8-11,16-17,21,23H,6-7,12-15H2. The molecule has 1 heterocycles. The maximum absolute atomic E-state index is 13.2. The summed E-state index contributed by atoms with van der Waals surface area (Å²) < 4.78 is 13.2. The predicted molar refractivity (Wildman–Crippen MR) is 96.6 cm³/mol. The van der Waals surface area contributed by atoms with Crippen molar-refractivity contribution in [2.24, 2.45) is 11.8 Å². The lowest BCUT2D eigenvalue weighted by molar-refractivity contribution is 0.424. The highest BCUT2D eigenvalue weighted by atomic mass is 19.1. The summed E-state index contributed by atoms with van der Waals surface area (Å²) in [5.41, 5.74) is 2.56. The van der Waals surface area contributed by atoms with E-state index < -0.39 is 0 Å². The van der Waals surface area contributed by atoms with Gasteiger partial charge in [-0.15, -0.1) is 0 Å². The molecular formula is C21H25FN2. The maximum atomic E-state index is 13.2. The Morgan fingerprint density at radius 1 is 1.00 bits per heavy atom. The van der Waals surface area contributed by atoms with Crippen molar-refractivity contribution in [3.8, 4) is 0 Å². The molecule has 4 rings (SSSR count). The normalized spacial score (nSPS) is 21.9. The number of para-hydroxylation sites is 1. The quantitative estimate of drug-likeness (QED) is 0.847. The largest absolute Gasteiger partial charge is 0.371 e. The highest BCUT2D eigenvalue weighted by Gasteiger charge is 2.33. The molecule has 1 aliphatic heterocycles. The van der Waals surface area contributed by atoms with E-state index in [1.165, 1.54) is 30.5 Å². The number of benzene rings is 2. The average Bonchev–Trinajstić information content (AvgIpc) is 3.35. The van der Waals surface area contributed by atoms with E-state index in [4.69, 9.17) is 0 Å². The molecule has 0 bridgehead atoms. The molecule has 126 valence electrons. The molecule has 2 aromatic carbocycles. The van der Waals surface area contributed by atoms with E-state index in [1.54, 1.807) is 12.1 Å². The Kier molecular flexibility index (Phi) is 4.52. The second-order valence-electron chi connectivity index (χ2n) is 7.21. The van der Waals surface area contributed by atoms with Crippen molar-refractivity contribution in [1.29, 1.82) is 0 Å². The van der Waals surface area contributed by atoms with E-state index in [0.717, 1.165) is 25.6 Å². The van der Waals surface area contributed by atoms with Crippen LogP contribution in [0.1, 0.15) is 30.9 Å². The fraction of sp³-hybridized carbons (Fsp3) is 0.429. The average molecular weight is 324 g/mol. The highest BCUT2D eigenvalue weighted by molar-refractivity contribution is 5.46. The van der Waals surface area contributed by atoms with E-state index in [9.17, 15) is 4.39 Å². The van der Waals surface area contributed by atoms with Crippen LogP contribution in [0.3, 0.4) is 0 Å². The topological polar surface area (TPSA) is 15.3 Å². The zero-order valence-corrected chi connectivity index (χ0v) is 14.0. The van der Waals surface area contributed by atoms with Crippen LogP contribution < -0.4 is 10.2 Å². The SMILES string of the molecule is Fc1ccc(C(NCC2CCN(c3ccccc3)C2)C2CC2)cc1. The third-order valence-electron chi connectivity index (χ3n) is 5.36. The summed E-state index contributed by atoms with van der Waals surface area (Å²) in [6.07, 6.45) is 3.81. The lowest BCUT2D eigenvalue weighted by Crippen LogP contribution is -2.30. The molecule has 24 heavy (non-hydrogen) atoms. The Hall–Kier alpha value is -1.87. The van der Waals surface area contributed by atoms with Crippen molar-refractivity contribution >= 4 is 5.69 Å². The Bertz CT molecular complexity index is 651. The number of rotatable bonds is 6. The predicted octanol–water partition coefficient (Wildman–Crippen LogP) is 4.39. The minimum absolute atomic E-state index is 0.150. The lowest BCUT2D eigenvalue weighted by atomic mass is 10.0. The monoisotopic (exact) mass is 324 g/mol. The molecule has 1 saturated carbocycles. The van der Waals surface area contributed by atoms with Gasteiger partial charge in [0.15, 0.2) is 0 Å². The molecule has 0 spiro atoms. The van der Waals surface area contributed by atoms with Gasteiger partial charge < -0.3 is 10.2 Å².